The van der Waals surface area contributed by atoms with Gasteiger partial charge in [0, 0.05) is 55.1 Å². The number of hydrogen-bond donors (Lipinski definition) is 1. The molecule has 0 bridgehead atoms. The van der Waals surface area contributed by atoms with E-state index in [0.29, 0.717) is 10.6 Å². The molecule has 0 saturated carbocycles. The normalized spacial score (nSPS) is 14.3. The fourth-order valence-corrected chi connectivity index (χ4v) is 5.83. The van der Waals surface area contributed by atoms with Crippen LogP contribution in [0, 0.1) is 0 Å². The van der Waals surface area contributed by atoms with Crippen LogP contribution in [0.4, 0.5) is 11.4 Å². The average Bonchev–Trinajstić information content (AvgIpc) is 2.83. The van der Waals surface area contributed by atoms with E-state index in [0.717, 1.165) is 53.4 Å². The third-order valence-corrected chi connectivity index (χ3v) is 7.89. The lowest BCUT2D eigenvalue weighted by atomic mass is 10.1. The molecular weight excluding hydrogens is 442 g/mol. The molecule has 1 aliphatic rings. The van der Waals surface area contributed by atoms with Gasteiger partial charge < -0.3 is 10.2 Å². The molecule has 0 aliphatic carbocycles. The smallest absolute Gasteiger partial charge is 0.264 e. The van der Waals surface area contributed by atoms with Crippen LogP contribution in [0.15, 0.2) is 83.8 Å². The Morgan fingerprint density at radius 2 is 1.41 bits per heavy atom. The Morgan fingerprint density at radius 1 is 0.781 bits per heavy atom. The fraction of sp³-hybridized carbons (Fsp3) is 0.200. The summed E-state index contributed by atoms with van der Waals surface area (Å²) in [5, 5.41) is 7.03. The third kappa shape index (κ3) is 3.79. The molecule has 5 rings (SSSR count). The van der Waals surface area contributed by atoms with Gasteiger partial charge in [-0.3, -0.25) is 4.31 Å². The molecule has 1 N–H and O–H groups in total. The third-order valence-electron chi connectivity index (χ3n) is 6.06. The molecule has 0 atom stereocenters. The first-order chi connectivity index (χ1) is 15.1. The Kier molecular flexibility index (Phi) is 6.29. The van der Waals surface area contributed by atoms with Crippen molar-refractivity contribution >= 4 is 55.3 Å². The van der Waals surface area contributed by atoms with Gasteiger partial charge in [-0.05, 0) is 23.6 Å². The molecule has 4 aromatic carbocycles. The summed E-state index contributed by atoms with van der Waals surface area (Å²) in [4.78, 5) is 2.65. The van der Waals surface area contributed by atoms with Crippen molar-refractivity contribution in [3.05, 3.63) is 78.9 Å². The summed E-state index contributed by atoms with van der Waals surface area (Å²) >= 11 is 0. The van der Waals surface area contributed by atoms with Gasteiger partial charge in [0.2, 0.25) is 0 Å². The van der Waals surface area contributed by atoms with Gasteiger partial charge in [-0.25, -0.2) is 8.42 Å². The molecule has 1 heterocycles. The van der Waals surface area contributed by atoms with Crippen LogP contribution in [0.1, 0.15) is 0 Å². The van der Waals surface area contributed by atoms with Crippen LogP contribution in [0.5, 0.6) is 0 Å². The minimum Gasteiger partial charge on any atom is -0.368 e. The van der Waals surface area contributed by atoms with Crippen LogP contribution in [0.2, 0.25) is 0 Å². The molecular formula is C25H26ClN3O2S. The number of anilines is 2. The Morgan fingerprint density at radius 3 is 2.16 bits per heavy atom. The molecule has 5 nitrogen and oxygen atoms in total. The highest BCUT2D eigenvalue weighted by Gasteiger charge is 2.26. The van der Waals surface area contributed by atoms with Crippen LogP contribution < -0.4 is 14.5 Å². The summed E-state index contributed by atoms with van der Waals surface area (Å²) in [6.45, 7) is 3.67. The number of benzene rings is 4. The predicted molar refractivity (Wildman–Crippen MR) is 136 cm³/mol. The molecule has 0 amide bonds. The molecule has 4 aromatic rings. The van der Waals surface area contributed by atoms with E-state index in [9.17, 15) is 8.42 Å². The lowest BCUT2D eigenvalue weighted by molar-refractivity contribution is 0.589. The van der Waals surface area contributed by atoms with Gasteiger partial charge in [0.1, 0.15) is 0 Å². The number of nitrogens with zero attached hydrogens (tertiary/aromatic N) is 2. The number of piperazine rings is 1. The van der Waals surface area contributed by atoms with Gasteiger partial charge in [-0.2, -0.15) is 0 Å². The van der Waals surface area contributed by atoms with E-state index in [1.54, 1.807) is 13.1 Å². The van der Waals surface area contributed by atoms with E-state index < -0.39 is 10.0 Å². The molecule has 1 aliphatic heterocycles. The van der Waals surface area contributed by atoms with Crippen molar-refractivity contribution in [2.45, 2.75) is 4.90 Å². The van der Waals surface area contributed by atoms with Crippen LogP contribution in [0.25, 0.3) is 21.5 Å². The topological polar surface area (TPSA) is 52.7 Å². The summed E-state index contributed by atoms with van der Waals surface area (Å²) in [6.07, 6.45) is 0. The molecule has 1 fully saturated rings. The van der Waals surface area contributed by atoms with E-state index in [-0.39, 0.29) is 12.4 Å². The van der Waals surface area contributed by atoms with Crippen LogP contribution >= 0.6 is 12.4 Å². The fourth-order valence-electron chi connectivity index (χ4n) is 4.42. The number of fused-ring (bicyclic) bond motifs is 2. The molecule has 0 spiro atoms. The number of rotatable bonds is 4. The number of halogens is 1. The van der Waals surface area contributed by atoms with Crippen molar-refractivity contribution in [1.82, 2.24) is 5.32 Å². The highest BCUT2D eigenvalue weighted by Crippen LogP contribution is 2.36. The second kappa shape index (κ2) is 8.98. The second-order valence-corrected chi connectivity index (χ2v) is 9.77. The maximum atomic E-state index is 13.8. The van der Waals surface area contributed by atoms with Crippen LogP contribution in [-0.2, 0) is 10.0 Å². The van der Waals surface area contributed by atoms with Gasteiger partial charge in [0.15, 0.2) is 0 Å². The Balaban J connectivity index is 0.00000245. The quantitative estimate of drug-likeness (QED) is 0.474. The maximum Gasteiger partial charge on any atom is 0.264 e. The van der Waals surface area contributed by atoms with Crippen molar-refractivity contribution in [1.29, 1.82) is 0 Å². The zero-order valence-corrected chi connectivity index (χ0v) is 19.5. The molecule has 0 aromatic heterocycles. The Hall–Kier alpha value is -2.80. The average molecular weight is 468 g/mol. The molecule has 0 radical (unpaired) electrons. The van der Waals surface area contributed by atoms with Gasteiger partial charge >= 0.3 is 0 Å². The summed E-state index contributed by atoms with van der Waals surface area (Å²) in [5.74, 6) is 0. The monoisotopic (exact) mass is 467 g/mol. The lowest BCUT2D eigenvalue weighted by Gasteiger charge is -2.31. The first-order valence-electron chi connectivity index (χ1n) is 10.5. The van der Waals surface area contributed by atoms with Gasteiger partial charge in [-0.1, -0.05) is 60.7 Å². The standard InChI is InChI=1S/C25H25N3O2S.ClH/c1-27(23-12-6-8-19-7-2-3-9-20(19)23)31(29,30)25-14-13-24(28-17-15-26-16-18-28)21-10-4-5-11-22(21)25;/h2-14,26H,15-18H2,1H3;1H. The predicted octanol–water partition coefficient (Wildman–Crippen LogP) is 4.65. The largest absolute Gasteiger partial charge is 0.368 e. The van der Waals surface area contributed by atoms with E-state index in [4.69, 9.17) is 0 Å². The van der Waals surface area contributed by atoms with Gasteiger partial charge in [0.05, 0.1) is 10.6 Å². The van der Waals surface area contributed by atoms with Crippen molar-refractivity contribution in [2.24, 2.45) is 0 Å². The van der Waals surface area contributed by atoms with Crippen molar-refractivity contribution in [3.8, 4) is 0 Å². The maximum absolute atomic E-state index is 13.8. The molecule has 1 saturated heterocycles. The Bertz CT molecular complexity index is 1360. The molecule has 0 unspecified atom stereocenters. The van der Waals surface area contributed by atoms with Crippen molar-refractivity contribution < 1.29 is 8.42 Å². The highest BCUT2D eigenvalue weighted by atomic mass is 35.5. The number of hydrogen-bond acceptors (Lipinski definition) is 4. The SMILES string of the molecule is CN(c1cccc2ccccc12)S(=O)(=O)c1ccc(N2CCNCC2)c2ccccc12.Cl. The number of sulfonamides is 1. The second-order valence-electron chi connectivity index (χ2n) is 7.84. The summed E-state index contributed by atoms with van der Waals surface area (Å²) in [5.41, 5.74) is 1.76. The molecule has 7 heteroatoms. The van der Waals surface area contributed by atoms with Gasteiger partial charge in [-0.15, -0.1) is 12.4 Å². The van der Waals surface area contributed by atoms with Crippen molar-refractivity contribution in [3.63, 3.8) is 0 Å². The minimum atomic E-state index is -3.76. The van der Waals surface area contributed by atoms with E-state index in [1.807, 2.05) is 72.8 Å². The van der Waals surface area contributed by atoms with E-state index in [1.165, 1.54) is 4.31 Å². The van der Waals surface area contributed by atoms with Crippen LogP contribution in [-0.4, -0.2) is 41.6 Å². The van der Waals surface area contributed by atoms with Crippen molar-refractivity contribution in [2.75, 3.05) is 42.4 Å². The van der Waals surface area contributed by atoms with E-state index >= 15 is 0 Å². The zero-order chi connectivity index (χ0) is 21.4. The van der Waals surface area contributed by atoms with Crippen LogP contribution in [0.3, 0.4) is 0 Å². The Labute approximate surface area is 195 Å². The minimum absolute atomic E-state index is 0. The van der Waals surface area contributed by atoms with E-state index in [2.05, 4.69) is 10.2 Å². The van der Waals surface area contributed by atoms with Gasteiger partial charge in [0.25, 0.3) is 10.0 Å². The number of nitrogens with one attached hydrogen (secondary N) is 1. The first-order valence-corrected chi connectivity index (χ1v) is 12.0. The zero-order valence-electron chi connectivity index (χ0n) is 17.9. The highest BCUT2D eigenvalue weighted by molar-refractivity contribution is 7.93. The lowest BCUT2D eigenvalue weighted by Crippen LogP contribution is -2.43. The summed E-state index contributed by atoms with van der Waals surface area (Å²) in [6, 6.07) is 25.1. The summed E-state index contributed by atoms with van der Waals surface area (Å²) in [7, 11) is -2.12. The molecule has 166 valence electrons. The summed E-state index contributed by atoms with van der Waals surface area (Å²) < 4.78 is 29.0. The first kappa shape index (κ1) is 22.4. The molecule has 32 heavy (non-hydrogen) atoms.